The highest BCUT2D eigenvalue weighted by molar-refractivity contribution is 7.13. The molecule has 4 heterocycles. The first-order chi connectivity index (χ1) is 23.2. The quantitative estimate of drug-likeness (QED) is 0.238. The van der Waals surface area contributed by atoms with Gasteiger partial charge in [-0.15, -0.1) is 11.3 Å². The van der Waals surface area contributed by atoms with Gasteiger partial charge < -0.3 is 14.9 Å². The van der Waals surface area contributed by atoms with Gasteiger partial charge >= 0.3 is 0 Å². The van der Waals surface area contributed by atoms with Crippen molar-refractivity contribution < 1.29 is 28.7 Å². The third kappa shape index (κ3) is 6.26. The fourth-order valence-electron chi connectivity index (χ4n) is 6.78. The summed E-state index contributed by atoms with van der Waals surface area (Å²) in [5.74, 6) is -2.74. The van der Waals surface area contributed by atoms with Gasteiger partial charge in [0.15, 0.2) is 5.13 Å². The maximum Gasteiger partial charge on any atom is 0.255 e. The Morgan fingerprint density at radius 2 is 1.88 bits per heavy atom. The van der Waals surface area contributed by atoms with Crippen molar-refractivity contribution >= 4 is 45.8 Å². The molecule has 2 atom stereocenters. The van der Waals surface area contributed by atoms with E-state index < -0.39 is 23.7 Å². The highest BCUT2D eigenvalue weighted by atomic mass is 32.1. The lowest BCUT2D eigenvalue weighted by Gasteiger charge is -2.37. The van der Waals surface area contributed by atoms with Crippen molar-refractivity contribution in [1.82, 2.24) is 20.1 Å². The molecule has 4 aromatic rings. The number of benzene rings is 3. The second-order valence-corrected chi connectivity index (χ2v) is 13.1. The van der Waals surface area contributed by atoms with Crippen LogP contribution >= 0.6 is 11.3 Å². The van der Waals surface area contributed by atoms with Crippen LogP contribution in [0.25, 0.3) is 0 Å². The van der Waals surface area contributed by atoms with E-state index >= 15 is 0 Å². The molecule has 48 heavy (non-hydrogen) atoms. The van der Waals surface area contributed by atoms with E-state index in [0.717, 1.165) is 47.6 Å². The molecule has 1 aromatic heterocycles. The lowest BCUT2D eigenvalue weighted by molar-refractivity contribution is -0.134. The summed E-state index contributed by atoms with van der Waals surface area (Å²) in [7, 11) is 0. The molecule has 2 unspecified atom stereocenters. The zero-order valence-electron chi connectivity index (χ0n) is 25.9. The van der Waals surface area contributed by atoms with Gasteiger partial charge in [-0.05, 0) is 53.4 Å². The van der Waals surface area contributed by atoms with E-state index in [1.165, 1.54) is 28.5 Å². The highest BCUT2D eigenvalue weighted by Crippen LogP contribution is 2.38. The van der Waals surface area contributed by atoms with E-state index in [9.17, 15) is 28.7 Å². The second kappa shape index (κ2) is 13.2. The molecule has 246 valence electrons. The average Bonchev–Trinajstić information content (AvgIpc) is 3.71. The fraction of sp³-hybridized carbons (Fsp3) is 0.286. The summed E-state index contributed by atoms with van der Waals surface area (Å²) >= 11 is 1.21. The molecule has 3 N–H and O–H groups in total. The van der Waals surface area contributed by atoms with Crippen molar-refractivity contribution in [2.24, 2.45) is 0 Å². The van der Waals surface area contributed by atoms with Crippen molar-refractivity contribution in [1.29, 1.82) is 0 Å². The molecule has 2 saturated heterocycles. The number of halogens is 1. The number of aromatic nitrogens is 1. The number of hydrogen-bond donors (Lipinski definition) is 3. The minimum atomic E-state index is -1.29. The Bertz CT molecular complexity index is 1890. The number of amides is 4. The van der Waals surface area contributed by atoms with Crippen LogP contribution in [0.3, 0.4) is 0 Å². The number of hydrogen-bond acceptors (Lipinski definition) is 9. The molecule has 2 fully saturated rings. The standard InChI is InChI=1S/C35H33FN6O5S/c36-23-6-9-29(43)28(17-23)31(33(46)39-35-37-11-16-48-35)42-20-22-5-7-24(18-27(22)34(42)47)41-14-12-40(13-15-41)19-21-3-1-2-4-25(21)26-8-10-30(44)38-32(26)45/h1-7,9,11,16-18,26,31,43H,8,10,12-15,19-20H2,(H,37,39,46)(H,38,44,45). The second-order valence-electron chi connectivity index (χ2n) is 12.2. The summed E-state index contributed by atoms with van der Waals surface area (Å²) < 4.78 is 14.3. The lowest BCUT2D eigenvalue weighted by atomic mass is 9.87. The number of imide groups is 1. The summed E-state index contributed by atoms with van der Waals surface area (Å²) in [6, 6.07) is 15.6. The minimum Gasteiger partial charge on any atom is -0.508 e. The lowest BCUT2D eigenvalue weighted by Crippen LogP contribution is -2.46. The molecule has 7 rings (SSSR count). The van der Waals surface area contributed by atoms with Crippen molar-refractivity contribution in [3.8, 4) is 5.75 Å². The first kappa shape index (κ1) is 31.5. The van der Waals surface area contributed by atoms with Gasteiger partial charge in [0.2, 0.25) is 11.8 Å². The average molecular weight is 669 g/mol. The zero-order valence-corrected chi connectivity index (χ0v) is 26.7. The molecule has 4 amide bonds. The Hall–Kier alpha value is -5.14. The van der Waals surface area contributed by atoms with Crippen LogP contribution in [0, 0.1) is 5.82 Å². The number of aromatic hydroxyl groups is 1. The number of phenols is 1. The van der Waals surface area contributed by atoms with Gasteiger partial charge in [0.05, 0.1) is 5.92 Å². The Morgan fingerprint density at radius 1 is 1.06 bits per heavy atom. The van der Waals surface area contributed by atoms with Gasteiger partial charge in [0.25, 0.3) is 11.8 Å². The number of phenolic OH excluding ortho intramolecular Hbond substituents is 1. The molecule has 0 aliphatic carbocycles. The predicted molar refractivity (Wildman–Crippen MR) is 177 cm³/mol. The Morgan fingerprint density at radius 3 is 2.65 bits per heavy atom. The largest absolute Gasteiger partial charge is 0.508 e. The van der Waals surface area contributed by atoms with Gasteiger partial charge in [-0.25, -0.2) is 9.37 Å². The molecular formula is C35H33FN6O5S. The van der Waals surface area contributed by atoms with Gasteiger partial charge in [0.1, 0.15) is 17.6 Å². The van der Waals surface area contributed by atoms with Gasteiger partial charge in [-0.2, -0.15) is 0 Å². The number of carbonyl (C=O) groups excluding carboxylic acids is 4. The van der Waals surface area contributed by atoms with Crippen LogP contribution in [-0.2, 0) is 27.5 Å². The van der Waals surface area contributed by atoms with Gasteiger partial charge in [0, 0.05) is 74.1 Å². The van der Waals surface area contributed by atoms with Crippen LogP contribution in [0.4, 0.5) is 15.2 Å². The number of thiazole rings is 1. The molecule has 0 spiro atoms. The number of anilines is 2. The summed E-state index contributed by atoms with van der Waals surface area (Å²) in [5.41, 5.74) is 4.08. The maximum atomic E-state index is 14.3. The molecule has 0 bridgehead atoms. The van der Waals surface area contributed by atoms with E-state index in [-0.39, 0.29) is 35.6 Å². The van der Waals surface area contributed by atoms with E-state index in [1.807, 2.05) is 42.5 Å². The minimum absolute atomic E-state index is 0.0132. The Labute approximate surface area is 280 Å². The molecule has 3 aromatic carbocycles. The molecule has 3 aliphatic rings. The molecule has 3 aliphatic heterocycles. The monoisotopic (exact) mass is 668 g/mol. The van der Waals surface area contributed by atoms with Gasteiger partial charge in [-0.3, -0.25) is 34.7 Å². The smallest absolute Gasteiger partial charge is 0.255 e. The summed E-state index contributed by atoms with van der Waals surface area (Å²) in [4.78, 5) is 61.7. The van der Waals surface area contributed by atoms with Gasteiger partial charge in [-0.1, -0.05) is 30.3 Å². The van der Waals surface area contributed by atoms with Crippen molar-refractivity contribution in [3.05, 3.63) is 106 Å². The number of fused-ring (bicyclic) bond motifs is 1. The van der Waals surface area contributed by atoms with E-state index in [4.69, 9.17) is 0 Å². The fourth-order valence-corrected chi connectivity index (χ4v) is 7.32. The van der Waals surface area contributed by atoms with Crippen LogP contribution in [0.15, 0.2) is 72.2 Å². The predicted octanol–water partition coefficient (Wildman–Crippen LogP) is 4.17. The van der Waals surface area contributed by atoms with Crippen LogP contribution in [0.1, 0.15) is 57.4 Å². The van der Waals surface area contributed by atoms with Crippen LogP contribution in [0.5, 0.6) is 5.75 Å². The Kier molecular flexibility index (Phi) is 8.63. The van der Waals surface area contributed by atoms with E-state index in [1.54, 1.807) is 5.38 Å². The molecular weight excluding hydrogens is 635 g/mol. The van der Waals surface area contributed by atoms with Crippen LogP contribution in [0.2, 0.25) is 0 Å². The third-order valence-electron chi connectivity index (χ3n) is 9.23. The summed E-state index contributed by atoms with van der Waals surface area (Å²) in [5, 5.41) is 17.8. The van der Waals surface area contributed by atoms with Crippen molar-refractivity contribution in [2.45, 2.75) is 37.9 Å². The number of piperazine rings is 1. The van der Waals surface area contributed by atoms with E-state index in [2.05, 4.69) is 25.4 Å². The number of carbonyl (C=O) groups is 4. The normalized spacial score (nSPS) is 18.9. The topological polar surface area (TPSA) is 135 Å². The van der Waals surface area contributed by atoms with E-state index in [0.29, 0.717) is 43.2 Å². The van der Waals surface area contributed by atoms with Crippen LogP contribution in [-0.4, -0.2) is 69.7 Å². The molecule has 13 heteroatoms. The number of nitrogens with one attached hydrogen (secondary N) is 2. The molecule has 0 radical (unpaired) electrons. The SMILES string of the molecule is O=C1CCC(c2ccccc2CN2CCN(c3ccc4c(c3)C(=O)N(C(C(=O)Nc3nccs3)c3cc(F)ccc3O)C4)CC2)C(=O)N1. The van der Waals surface area contributed by atoms with Crippen LogP contribution < -0.4 is 15.5 Å². The number of nitrogens with zero attached hydrogens (tertiary/aromatic N) is 4. The maximum absolute atomic E-state index is 14.3. The first-order valence-electron chi connectivity index (χ1n) is 15.8. The summed E-state index contributed by atoms with van der Waals surface area (Å²) in [6.07, 6.45) is 2.37. The zero-order chi connectivity index (χ0) is 33.4. The Balaban J connectivity index is 1.05. The molecule has 0 saturated carbocycles. The van der Waals surface area contributed by atoms with Crippen molar-refractivity contribution in [3.63, 3.8) is 0 Å². The summed E-state index contributed by atoms with van der Waals surface area (Å²) in [6.45, 7) is 3.75. The first-order valence-corrected chi connectivity index (χ1v) is 16.6. The third-order valence-corrected chi connectivity index (χ3v) is 9.92. The highest BCUT2D eigenvalue weighted by Gasteiger charge is 2.39. The number of piperidine rings is 1. The van der Waals surface area contributed by atoms with Crippen molar-refractivity contribution in [2.75, 3.05) is 36.4 Å². The number of rotatable bonds is 8. The molecule has 11 nitrogen and oxygen atoms in total.